The third-order valence-corrected chi connectivity index (χ3v) is 2.21. The van der Waals surface area contributed by atoms with Crippen LogP contribution in [0.3, 0.4) is 0 Å². The van der Waals surface area contributed by atoms with E-state index in [0.717, 1.165) is 5.56 Å². The van der Waals surface area contributed by atoms with Gasteiger partial charge < -0.3 is 0 Å². The Kier molecular flexibility index (Phi) is 3.12. The van der Waals surface area contributed by atoms with Crippen LogP contribution in [0.15, 0.2) is 18.2 Å². The summed E-state index contributed by atoms with van der Waals surface area (Å²) in [6.07, 6.45) is 1.92. The van der Waals surface area contributed by atoms with E-state index in [1.54, 1.807) is 6.07 Å². The van der Waals surface area contributed by atoms with Crippen molar-refractivity contribution in [2.75, 3.05) is 14.1 Å². The summed E-state index contributed by atoms with van der Waals surface area (Å²) in [7, 11) is 3.88. The molecule has 0 saturated heterocycles. The summed E-state index contributed by atoms with van der Waals surface area (Å²) in [5, 5.41) is 1.19. The molecule has 0 radical (unpaired) electrons. The molecule has 0 aliphatic heterocycles. The Bertz CT molecular complexity index is 314. The second-order valence-electron chi connectivity index (χ2n) is 2.74. The molecule has 1 aromatic rings. The number of rotatable bonds is 1. The fourth-order valence-electron chi connectivity index (χ4n) is 0.898. The van der Waals surface area contributed by atoms with Gasteiger partial charge >= 0.3 is 0 Å². The third kappa shape index (κ3) is 2.23. The molecule has 0 fully saturated rings. The summed E-state index contributed by atoms with van der Waals surface area (Å²) in [5.41, 5.74) is 0.939. The van der Waals surface area contributed by atoms with Crippen LogP contribution in [-0.2, 0) is 0 Å². The highest BCUT2D eigenvalue weighted by molar-refractivity contribution is 6.43. The normalized spacial score (nSPS) is 9.67. The molecule has 3 heteroatoms. The number of hydrogen-bond acceptors (Lipinski definition) is 0. The first kappa shape index (κ1) is 9.56. The van der Waals surface area contributed by atoms with Crippen LogP contribution in [0.2, 0.25) is 10.0 Å². The number of nitrogens with zero attached hydrogens (tertiary/aromatic N) is 1. The van der Waals surface area contributed by atoms with Crippen LogP contribution in [0.5, 0.6) is 0 Å². The van der Waals surface area contributed by atoms with Gasteiger partial charge in [0.2, 0.25) is 0 Å². The van der Waals surface area contributed by atoms with Crippen molar-refractivity contribution in [2.45, 2.75) is 0 Å². The maximum absolute atomic E-state index is 5.95. The van der Waals surface area contributed by atoms with Crippen LogP contribution in [0.4, 0.5) is 0 Å². The second kappa shape index (κ2) is 3.92. The lowest BCUT2D eigenvalue weighted by Gasteiger charge is -1.97. The Morgan fingerprint density at radius 2 is 1.92 bits per heavy atom. The third-order valence-electron chi connectivity index (χ3n) is 1.38. The molecule has 1 nitrogen and oxygen atoms in total. The zero-order valence-corrected chi connectivity index (χ0v) is 8.52. The number of halogens is 2. The van der Waals surface area contributed by atoms with Crippen molar-refractivity contribution in [1.82, 2.24) is 0 Å². The number of benzene rings is 1. The van der Waals surface area contributed by atoms with Crippen LogP contribution >= 0.6 is 23.2 Å². The van der Waals surface area contributed by atoms with Crippen LogP contribution in [-0.4, -0.2) is 24.9 Å². The van der Waals surface area contributed by atoms with Gasteiger partial charge in [-0.3, -0.25) is 0 Å². The zero-order valence-electron chi connectivity index (χ0n) is 7.01. The fourth-order valence-corrected chi connectivity index (χ4v) is 1.25. The molecule has 0 saturated carbocycles. The Labute approximate surface area is 82.2 Å². The summed E-state index contributed by atoms with van der Waals surface area (Å²) in [6.45, 7) is 0. The summed E-state index contributed by atoms with van der Waals surface area (Å²) < 4.78 is 1.93. The van der Waals surface area contributed by atoms with Crippen LogP contribution < -0.4 is 0 Å². The molecule has 1 rings (SSSR count). The maximum atomic E-state index is 5.95. The van der Waals surface area contributed by atoms with Crippen LogP contribution in [0, 0.1) is 0 Å². The van der Waals surface area contributed by atoms with Gasteiger partial charge in [-0.05, 0) is 12.1 Å². The van der Waals surface area contributed by atoms with Gasteiger partial charge in [0.05, 0.1) is 15.6 Å². The lowest BCUT2D eigenvalue weighted by atomic mass is 10.2. The Morgan fingerprint density at radius 3 is 2.50 bits per heavy atom. The van der Waals surface area contributed by atoms with E-state index in [-0.39, 0.29) is 0 Å². The monoisotopic (exact) mass is 202 g/mol. The second-order valence-corrected chi connectivity index (χ2v) is 3.52. The van der Waals surface area contributed by atoms with E-state index in [1.807, 2.05) is 37.0 Å². The molecular weight excluding hydrogens is 193 g/mol. The Hall–Kier alpha value is -0.530. The minimum Gasteiger partial charge on any atom is -0.241 e. The first-order valence-electron chi connectivity index (χ1n) is 3.56. The molecule has 0 bridgehead atoms. The molecule has 0 unspecified atom stereocenters. The van der Waals surface area contributed by atoms with E-state index < -0.39 is 0 Å². The molecule has 0 spiro atoms. The largest absolute Gasteiger partial charge is 0.241 e. The van der Waals surface area contributed by atoms with Gasteiger partial charge in [0, 0.05) is 0 Å². The first-order valence-corrected chi connectivity index (χ1v) is 4.32. The standard InChI is InChI=1S/C9H10Cl2N/c1-12(2)6-7-4-3-5-8(10)9(7)11/h3-6H,1-2H3/q+1. The quantitative estimate of drug-likeness (QED) is 0.487. The lowest BCUT2D eigenvalue weighted by Crippen LogP contribution is -2.00. The summed E-state index contributed by atoms with van der Waals surface area (Å²) >= 11 is 11.8. The predicted molar refractivity (Wildman–Crippen MR) is 53.7 cm³/mol. The van der Waals surface area contributed by atoms with E-state index in [0.29, 0.717) is 10.0 Å². The molecule has 12 heavy (non-hydrogen) atoms. The van der Waals surface area contributed by atoms with E-state index in [1.165, 1.54) is 0 Å². The molecule has 0 N–H and O–H groups in total. The molecule has 0 atom stereocenters. The molecule has 0 aliphatic rings. The summed E-state index contributed by atoms with van der Waals surface area (Å²) in [5.74, 6) is 0. The topological polar surface area (TPSA) is 3.01 Å². The Balaban J connectivity index is 3.17. The van der Waals surface area contributed by atoms with Gasteiger partial charge in [0.15, 0.2) is 6.21 Å². The summed E-state index contributed by atoms with van der Waals surface area (Å²) in [4.78, 5) is 0. The molecule has 0 heterocycles. The SMILES string of the molecule is C[N+](C)=Cc1cccc(Cl)c1Cl. The van der Waals surface area contributed by atoms with Crippen LogP contribution in [0.25, 0.3) is 0 Å². The van der Waals surface area contributed by atoms with Crippen LogP contribution in [0.1, 0.15) is 5.56 Å². The zero-order chi connectivity index (χ0) is 9.14. The summed E-state index contributed by atoms with van der Waals surface area (Å²) in [6, 6.07) is 5.58. The molecule has 0 amide bonds. The van der Waals surface area contributed by atoms with Crippen molar-refractivity contribution < 1.29 is 4.58 Å². The molecule has 1 aromatic carbocycles. The fraction of sp³-hybridized carbons (Fsp3) is 0.222. The Morgan fingerprint density at radius 1 is 1.25 bits per heavy atom. The lowest BCUT2D eigenvalue weighted by molar-refractivity contribution is -0.458. The molecule has 64 valence electrons. The van der Waals surface area contributed by atoms with Gasteiger partial charge in [-0.2, -0.15) is 0 Å². The van der Waals surface area contributed by atoms with E-state index in [4.69, 9.17) is 23.2 Å². The smallest absolute Gasteiger partial charge is 0.171 e. The first-order chi connectivity index (χ1) is 5.61. The highest BCUT2D eigenvalue weighted by Gasteiger charge is 2.03. The molecule has 0 aliphatic carbocycles. The van der Waals surface area contributed by atoms with Gasteiger partial charge in [-0.1, -0.05) is 29.3 Å². The van der Waals surface area contributed by atoms with Crippen molar-refractivity contribution in [2.24, 2.45) is 0 Å². The highest BCUT2D eigenvalue weighted by atomic mass is 35.5. The predicted octanol–water partition coefficient (Wildman–Crippen LogP) is 2.68. The maximum Gasteiger partial charge on any atom is 0.171 e. The average Bonchev–Trinajstić information content (AvgIpc) is 1.98. The van der Waals surface area contributed by atoms with Crippen molar-refractivity contribution in [3.05, 3.63) is 33.8 Å². The van der Waals surface area contributed by atoms with E-state index in [2.05, 4.69) is 0 Å². The van der Waals surface area contributed by atoms with Crippen molar-refractivity contribution >= 4 is 29.4 Å². The minimum absolute atomic E-state index is 0.590. The van der Waals surface area contributed by atoms with E-state index >= 15 is 0 Å². The highest BCUT2D eigenvalue weighted by Crippen LogP contribution is 2.23. The van der Waals surface area contributed by atoms with E-state index in [9.17, 15) is 0 Å². The van der Waals surface area contributed by atoms with Crippen molar-refractivity contribution in [3.8, 4) is 0 Å². The van der Waals surface area contributed by atoms with Crippen molar-refractivity contribution in [3.63, 3.8) is 0 Å². The van der Waals surface area contributed by atoms with Gasteiger partial charge in [0.1, 0.15) is 14.1 Å². The minimum atomic E-state index is 0.590. The van der Waals surface area contributed by atoms with Gasteiger partial charge in [0.25, 0.3) is 0 Å². The average molecular weight is 203 g/mol. The number of hydrogen-bond donors (Lipinski definition) is 0. The molecule has 0 aromatic heterocycles. The molecular formula is C9H10Cl2N+. The van der Waals surface area contributed by atoms with Crippen molar-refractivity contribution in [1.29, 1.82) is 0 Å². The van der Waals surface area contributed by atoms with Gasteiger partial charge in [-0.25, -0.2) is 4.58 Å². The van der Waals surface area contributed by atoms with Gasteiger partial charge in [-0.15, -0.1) is 0 Å².